The largest absolute Gasteiger partial charge is 0.454 e. The van der Waals surface area contributed by atoms with Gasteiger partial charge in [-0.25, -0.2) is 4.79 Å². The predicted octanol–water partition coefficient (Wildman–Crippen LogP) is 3.32. The Morgan fingerprint density at radius 1 is 1.23 bits per heavy atom. The van der Waals surface area contributed by atoms with Gasteiger partial charge in [0.15, 0.2) is 6.61 Å². The molecule has 0 atom stereocenters. The molecule has 6 heteroatoms. The molecule has 1 aliphatic rings. The van der Waals surface area contributed by atoms with Crippen molar-refractivity contribution < 1.29 is 14.3 Å². The van der Waals surface area contributed by atoms with Gasteiger partial charge in [0.05, 0.1) is 16.0 Å². The van der Waals surface area contributed by atoms with Crippen molar-refractivity contribution in [1.82, 2.24) is 9.88 Å². The van der Waals surface area contributed by atoms with Crippen LogP contribution in [0.5, 0.6) is 0 Å². The first kappa shape index (κ1) is 16.9. The Bertz CT molecular complexity index is 982. The zero-order chi connectivity index (χ0) is 18.1. The van der Waals surface area contributed by atoms with Crippen molar-refractivity contribution in [2.75, 3.05) is 20.2 Å². The maximum atomic E-state index is 12.9. The maximum Gasteiger partial charge on any atom is 0.339 e. The number of aromatic nitrogens is 1. The zero-order valence-corrected chi connectivity index (χ0v) is 15.2. The summed E-state index contributed by atoms with van der Waals surface area (Å²) in [7, 11) is 2.02. The van der Waals surface area contributed by atoms with Crippen LogP contribution in [0.25, 0.3) is 10.9 Å². The number of rotatable bonds is 4. The predicted molar refractivity (Wildman–Crippen MR) is 101 cm³/mol. The van der Waals surface area contributed by atoms with Crippen molar-refractivity contribution in [1.29, 1.82) is 0 Å². The topological polar surface area (TPSA) is 59.5 Å². The summed E-state index contributed by atoms with van der Waals surface area (Å²) in [5.41, 5.74) is 3.17. The highest BCUT2D eigenvalue weighted by Gasteiger charge is 2.25. The number of ether oxygens (including phenoxy) is 1. The van der Waals surface area contributed by atoms with Crippen LogP contribution in [-0.2, 0) is 17.7 Å². The van der Waals surface area contributed by atoms with Gasteiger partial charge in [0.2, 0.25) is 5.78 Å². The first-order chi connectivity index (χ1) is 12.6. The highest BCUT2D eigenvalue weighted by atomic mass is 32.1. The number of ketones is 1. The van der Waals surface area contributed by atoms with E-state index in [0.29, 0.717) is 17.0 Å². The average molecular weight is 366 g/mol. The number of carbonyl (C=O) groups is 2. The van der Waals surface area contributed by atoms with Gasteiger partial charge in [0.25, 0.3) is 0 Å². The average Bonchev–Trinajstić information content (AvgIpc) is 3.19. The Morgan fingerprint density at radius 3 is 2.88 bits per heavy atom. The van der Waals surface area contributed by atoms with Crippen LogP contribution < -0.4 is 0 Å². The Hall–Kier alpha value is -2.57. The van der Waals surface area contributed by atoms with Crippen LogP contribution in [0, 0.1) is 0 Å². The van der Waals surface area contributed by atoms with Crippen LogP contribution in [0.1, 0.15) is 31.3 Å². The highest BCUT2D eigenvalue weighted by molar-refractivity contribution is 7.12. The van der Waals surface area contributed by atoms with Gasteiger partial charge in [0.1, 0.15) is 0 Å². The minimum absolute atomic E-state index is 0.183. The summed E-state index contributed by atoms with van der Waals surface area (Å²) in [5, 5.41) is 2.60. The molecular weight excluding hydrogens is 348 g/mol. The summed E-state index contributed by atoms with van der Waals surface area (Å²) in [6.07, 6.45) is 0.797. The van der Waals surface area contributed by atoms with E-state index in [-0.39, 0.29) is 12.4 Å². The second-order valence-corrected chi connectivity index (χ2v) is 7.34. The molecule has 0 unspecified atom stereocenters. The van der Waals surface area contributed by atoms with Crippen molar-refractivity contribution in [3.05, 3.63) is 63.5 Å². The van der Waals surface area contributed by atoms with Crippen molar-refractivity contribution in [2.24, 2.45) is 0 Å². The molecule has 0 spiro atoms. The molecule has 5 nitrogen and oxygen atoms in total. The lowest BCUT2D eigenvalue weighted by Gasteiger charge is -2.26. The normalized spacial score (nSPS) is 14.2. The third kappa shape index (κ3) is 3.13. The van der Waals surface area contributed by atoms with Crippen LogP contribution in [0.2, 0.25) is 0 Å². The minimum atomic E-state index is -0.458. The summed E-state index contributed by atoms with van der Waals surface area (Å²) in [6.45, 7) is 1.31. The van der Waals surface area contributed by atoms with Crippen LogP contribution >= 0.6 is 11.3 Å². The molecule has 132 valence electrons. The molecule has 0 bridgehead atoms. The fourth-order valence-corrected chi connectivity index (χ4v) is 3.92. The molecule has 26 heavy (non-hydrogen) atoms. The van der Waals surface area contributed by atoms with Crippen LogP contribution in [0.3, 0.4) is 0 Å². The Labute approximate surface area is 155 Å². The van der Waals surface area contributed by atoms with Crippen molar-refractivity contribution in [2.45, 2.75) is 13.0 Å². The van der Waals surface area contributed by atoms with E-state index >= 15 is 0 Å². The minimum Gasteiger partial charge on any atom is -0.454 e. The third-order valence-electron chi connectivity index (χ3n) is 4.57. The Balaban J connectivity index is 1.69. The molecule has 0 radical (unpaired) electrons. The molecule has 3 aromatic rings. The third-order valence-corrected chi connectivity index (χ3v) is 5.48. The van der Waals surface area contributed by atoms with Gasteiger partial charge in [0, 0.05) is 36.2 Å². The molecule has 0 amide bonds. The summed E-state index contributed by atoms with van der Waals surface area (Å²) in [5.74, 6) is -0.641. The van der Waals surface area contributed by atoms with E-state index in [9.17, 15) is 9.59 Å². The molecule has 4 rings (SSSR count). The van der Waals surface area contributed by atoms with Gasteiger partial charge in [-0.2, -0.15) is 0 Å². The molecule has 0 saturated carbocycles. The van der Waals surface area contributed by atoms with Crippen molar-refractivity contribution in [3.63, 3.8) is 0 Å². The highest BCUT2D eigenvalue weighted by Crippen LogP contribution is 2.28. The van der Waals surface area contributed by atoms with Gasteiger partial charge in [-0.3, -0.25) is 9.78 Å². The summed E-state index contributed by atoms with van der Waals surface area (Å²) in [4.78, 5) is 32.5. The molecular formula is C20H18N2O3S. The number of hydrogen-bond acceptors (Lipinski definition) is 6. The molecule has 3 heterocycles. The number of carbonyl (C=O) groups excluding carboxylic acids is 2. The monoisotopic (exact) mass is 366 g/mol. The summed E-state index contributed by atoms with van der Waals surface area (Å²) >= 11 is 1.35. The fourth-order valence-electron chi connectivity index (χ4n) is 3.27. The van der Waals surface area contributed by atoms with E-state index in [1.165, 1.54) is 11.3 Å². The van der Waals surface area contributed by atoms with Gasteiger partial charge in [-0.15, -0.1) is 11.3 Å². The zero-order valence-electron chi connectivity index (χ0n) is 14.4. The number of para-hydroxylation sites is 1. The van der Waals surface area contributed by atoms with Gasteiger partial charge >= 0.3 is 5.97 Å². The number of nitrogens with zero attached hydrogens (tertiary/aromatic N) is 2. The summed E-state index contributed by atoms with van der Waals surface area (Å²) < 4.78 is 5.40. The van der Waals surface area contributed by atoms with Gasteiger partial charge in [-0.05, 0) is 24.6 Å². The quantitative estimate of drug-likeness (QED) is 0.524. The number of thiophene rings is 1. The molecule has 0 aliphatic carbocycles. The van der Waals surface area contributed by atoms with Gasteiger partial charge in [-0.1, -0.05) is 24.3 Å². The number of Topliss-reactive ketones (excluding diaryl/α,β-unsaturated/α-hetero) is 1. The molecule has 2 aromatic heterocycles. The SMILES string of the molecule is CN1CCc2nc3ccccc3c(C(=O)OCC(=O)c3cccs3)c2C1. The first-order valence-electron chi connectivity index (χ1n) is 8.46. The lowest BCUT2D eigenvalue weighted by molar-refractivity contribution is 0.0475. The smallest absolute Gasteiger partial charge is 0.339 e. The number of pyridine rings is 1. The maximum absolute atomic E-state index is 12.9. The lowest BCUT2D eigenvalue weighted by atomic mass is 9.96. The number of fused-ring (bicyclic) bond motifs is 2. The van der Waals surface area contributed by atoms with E-state index in [1.54, 1.807) is 6.07 Å². The molecule has 0 saturated heterocycles. The molecule has 0 fully saturated rings. The second-order valence-electron chi connectivity index (χ2n) is 6.39. The number of hydrogen-bond donors (Lipinski definition) is 0. The molecule has 0 N–H and O–H groups in total. The first-order valence-corrected chi connectivity index (χ1v) is 9.34. The van der Waals surface area contributed by atoms with Crippen molar-refractivity contribution >= 4 is 34.0 Å². The molecule has 1 aliphatic heterocycles. The second kappa shape index (κ2) is 6.97. The fraction of sp³-hybridized carbons (Fsp3) is 0.250. The standard InChI is InChI=1S/C20H18N2O3S/c1-22-9-8-16-14(11-22)19(13-5-2-3-6-15(13)21-16)20(24)25-12-17(23)18-7-4-10-26-18/h2-7,10H,8-9,11-12H2,1H3. The van der Waals surface area contributed by atoms with Gasteiger partial charge < -0.3 is 9.64 Å². The molecule has 1 aromatic carbocycles. The number of esters is 1. The van der Waals surface area contributed by atoms with E-state index in [0.717, 1.165) is 35.1 Å². The summed E-state index contributed by atoms with van der Waals surface area (Å²) in [6, 6.07) is 11.1. The lowest BCUT2D eigenvalue weighted by Crippen LogP contribution is -2.29. The van der Waals surface area contributed by atoms with Crippen LogP contribution in [0.15, 0.2) is 41.8 Å². The van der Waals surface area contributed by atoms with Crippen molar-refractivity contribution in [3.8, 4) is 0 Å². The van der Waals surface area contributed by atoms with Crippen LogP contribution in [0.4, 0.5) is 0 Å². The van der Waals surface area contributed by atoms with E-state index < -0.39 is 5.97 Å². The Morgan fingerprint density at radius 2 is 2.08 bits per heavy atom. The Kier molecular flexibility index (Phi) is 4.53. The van der Waals surface area contributed by atoms with Crippen LogP contribution in [-0.4, -0.2) is 41.8 Å². The number of likely N-dealkylation sites (N-methyl/N-ethyl adjacent to an activating group) is 1. The van der Waals surface area contributed by atoms with E-state index in [2.05, 4.69) is 4.90 Å². The van der Waals surface area contributed by atoms with E-state index in [4.69, 9.17) is 9.72 Å². The number of benzene rings is 1. The van der Waals surface area contributed by atoms with E-state index in [1.807, 2.05) is 42.8 Å².